The Bertz CT molecular complexity index is 333. The van der Waals surface area contributed by atoms with Gasteiger partial charge in [-0.3, -0.25) is 9.59 Å². The van der Waals surface area contributed by atoms with Gasteiger partial charge in [0.25, 0.3) is 11.8 Å². The van der Waals surface area contributed by atoms with Gasteiger partial charge in [0.1, 0.15) is 0 Å². The summed E-state index contributed by atoms with van der Waals surface area (Å²) in [6.45, 7) is -1.08. The molecule has 0 aromatic carbocycles. The molecular formula is C12H20F4N2O4. The van der Waals surface area contributed by atoms with Gasteiger partial charge in [-0.25, -0.2) is 0 Å². The first-order valence-corrected chi connectivity index (χ1v) is 6.75. The summed E-state index contributed by atoms with van der Waals surface area (Å²) in [5.41, 5.74) is 0. The molecule has 0 aliphatic heterocycles. The smallest absolute Gasteiger partial charge is 0.395 e. The molecule has 0 heterocycles. The second-order valence-corrected chi connectivity index (χ2v) is 4.52. The Balaban J connectivity index is 4.55. The van der Waals surface area contributed by atoms with Crippen LogP contribution in [0.15, 0.2) is 0 Å². The lowest BCUT2D eigenvalue weighted by atomic mass is 10.1. The van der Waals surface area contributed by atoms with E-state index >= 15 is 0 Å². The number of hydrogen-bond acceptors (Lipinski definition) is 4. The van der Waals surface area contributed by atoms with Crippen LogP contribution in [0.25, 0.3) is 0 Å². The number of hydrogen-bond donors (Lipinski definition) is 4. The van der Waals surface area contributed by atoms with Gasteiger partial charge < -0.3 is 20.8 Å². The van der Waals surface area contributed by atoms with Crippen LogP contribution in [0.1, 0.15) is 25.7 Å². The molecule has 130 valence electrons. The van der Waals surface area contributed by atoms with Crippen LogP contribution in [0.4, 0.5) is 17.6 Å². The van der Waals surface area contributed by atoms with Crippen LogP contribution in [0.5, 0.6) is 0 Å². The number of rotatable bonds is 11. The molecule has 0 aromatic heterocycles. The van der Waals surface area contributed by atoms with E-state index < -0.39 is 23.7 Å². The van der Waals surface area contributed by atoms with Gasteiger partial charge >= 0.3 is 11.8 Å². The Kier molecular flexibility index (Phi) is 8.95. The van der Waals surface area contributed by atoms with E-state index in [-0.39, 0.29) is 52.0 Å². The average molecular weight is 332 g/mol. The van der Waals surface area contributed by atoms with Crippen molar-refractivity contribution in [2.75, 3.05) is 26.3 Å². The molecule has 0 saturated carbocycles. The Labute approximate surface area is 124 Å². The molecule has 0 aliphatic carbocycles. The molecule has 0 bridgehead atoms. The number of carbonyl (C=O) groups is 2. The highest BCUT2D eigenvalue weighted by Crippen LogP contribution is 2.34. The summed E-state index contributed by atoms with van der Waals surface area (Å²) in [7, 11) is 0. The lowest BCUT2D eigenvalue weighted by Crippen LogP contribution is -2.59. The molecule has 2 amide bonds. The largest absolute Gasteiger partial charge is 0.396 e. The van der Waals surface area contributed by atoms with Crippen LogP contribution in [-0.2, 0) is 9.59 Å². The minimum absolute atomic E-state index is 0.136. The lowest BCUT2D eigenvalue weighted by Gasteiger charge is -2.24. The van der Waals surface area contributed by atoms with Crippen LogP contribution in [0.2, 0.25) is 0 Å². The van der Waals surface area contributed by atoms with Crippen molar-refractivity contribution in [3.63, 3.8) is 0 Å². The van der Waals surface area contributed by atoms with Gasteiger partial charge in [-0.2, -0.15) is 17.6 Å². The van der Waals surface area contributed by atoms with Crippen LogP contribution in [0, 0.1) is 0 Å². The van der Waals surface area contributed by atoms with Crippen molar-refractivity contribution >= 4 is 11.8 Å². The van der Waals surface area contributed by atoms with Gasteiger partial charge in [0.2, 0.25) is 0 Å². The van der Waals surface area contributed by atoms with Gasteiger partial charge in [0.15, 0.2) is 0 Å². The van der Waals surface area contributed by atoms with Gasteiger partial charge in [-0.05, 0) is 25.7 Å². The van der Waals surface area contributed by atoms with Crippen LogP contribution in [0.3, 0.4) is 0 Å². The van der Waals surface area contributed by atoms with Crippen molar-refractivity contribution in [2.45, 2.75) is 37.5 Å². The van der Waals surface area contributed by atoms with Crippen molar-refractivity contribution in [1.29, 1.82) is 0 Å². The van der Waals surface area contributed by atoms with E-state index in [4.69, 9.17) is 10.2 Å². The highest BCUT2D eigenvalue weighted by atomic mass is 19.3. The van der Waals surface area contributed by atoms with Gasteiger partial charge in [0.05, 0.1) is 0 Å². The minimum Gasteiger partial charge on any atom is -0.396 e. The first kappa shape index (κ1) is 20.6. The minimum atomic E-state index is -5.19. The number of halogens is 4. The zero-order chi connectivity index (χ0) is 17.2. The third-order valence-corrected chi connectivity index (χ3v) is 2.71. The molecule has 22 heavy (non-hydrogen) atoms. The molecule has 4 N–H and O–H groups in total. The van der Waals surface area contributed by atoms with Gasteiger partial charge in [-0.15, -0.1) is 0 Å². The first-order valence-electron chi connectivity index (χ1n) is 6.75. The third kappa shape index (κ3) is 5.76. The molecular weight excluding hydrogens is 312 g/mol. The standard InChI is InChI=1S/C12H20F4N2O4/c13-11(14,9(21)17-5-1-3-7-19)12(15,16)10(22)18-6-2-4-8-20/h19-20H,1-8H2,(H,17,21)(H,18,22). The summed E-state index contributed by atoms with van der Waals surface area (Å²) in [6.07, 6.45) is 0.704. The third-order valence-electron chi connectivity index (χ3n) is 2.71. The monoisotopic (exact) mass is 332 g/mol. The molecule has 0 aromatic rings. The second kappa shape index (κ2) is 9.57. The Morgan fingerprint density at radius 2 is 1.05 bits per heavy atom. The fraction of sp³-hybridized carbons (Fsp3) is 0.833. The van der Waals surface area contributed by atoms with E-state index in [2.05, 4.69) is 0 Å². The molecule has 0 unspecified atom stereocenters. The highest BCUT2D eigenvalue weighted by molar-refractivity contribution is 5.95. The van der Waals surface area contributed by atoms with Crippen molar-refractivity contribution < 1.29 is 37.4 Å². The fourth-order valence-electron chi connectivity index (χ4n) is 1.38. The molecule has 0 fully saturated rings. The number of unbranched alkanes of at least 4 members (excludes halogenated alkanes) is 2. The fourth-order valence-corrected chi connectivity index (χ4v) is 1.38. The van der Waals surface area contributed by atoms with Gasteiger partial charge in [-0.1, -0.05) is 0 Å². The maximum absolute atomic E-state index is 13.4. The average Bonchev–Trinajstić information content (AvgIpc) is 2.47. The number of amides is 2. The summed E-state index contributed by atoms with van der Waals surface area (Å²) in [5, 5.41) is 20.1. The van der Waals surface area contributed by atoms with E-state index in [1.165, 1.54) is 0 Å². The molecule has 0 rings (SSSR count). The van der Waals surface area contributed by atoms with E-state index in [1.54, 1.807) is 10.6 Å². The van der Waals surface area contributed by atoms with E-state index in [9.17, 15) is 27.2 Å². The summed E-state index contributed by atoms with van der Waals surface area (Å²) in [6, 6.07) is 0. The number of aliphatic hydroxyl groups excluding tert-OH is 2. The Morgan fingerprint density at radius 1 is 0.727 bits per heavy atom. The predicted octanol–water partition coefficient (Wildman–Crippen LogP) is 0.0344. The number of carbonyl (C=O) groups excluding carboxylic acids is 2. The number of aliphatic hydroxyl groups is 2. The highest BCUT2D eigenvalue weighted by Gasteiger charge is 2.66. The molecule has 10 heteroatoms. The van der Waals surface area contributed by atoms with E-state index in [0.29, 0.717) is 0 Å². The first-order chi connectivity index (χ1) is 10.2. The number of nitrogens with one attached hydrogen (secondary N) is 2. The Morgan fingerprint density at radius 3 is 1.32 bits per heavy atom. The summed E-state index contributed by atoms with van der Waals surface area (Å²) < 4.78 is 53.7. The summed E-state index contributed by atoms with van der Waals surface area (Å²) >= 11 is 0. The Hall–Kier alpha value is -1.42. The quantitative estimate of drug-likeness (QED) is 0.317. The van der Waals surface area contributed by atoms with Crippen molar-refractivity contribution in [3.8, 4) is 0 Å². The maximum atomic E-state index is 13.4. The van der Waals surface area contributed by atoms with Gasteiger partial charge in [0, 0.05) is 26.3 Å². The zero-order valence-electron chi connectivity index (χ0n) is 11.9. The summed E-state index contributed by atoms with van der Waals surface area (Å²) in [4.78, 5) is 22.3. The maximum Gasteiger partial charge on any atom is 0.395 e. The van der Waals surface area contributed by atoms with E-state index in [0.717, 1.165) is 0 Å². The summed E-state index contributed by atoms with van der Waals surface area (Å²) in [5.74, 6) is -14.9. The van der Waals surface area contributed by atoms with Crippen LogP contribution < -0.4 is 10.6 Å². The van der Waals surface area contributed by atoms with Crippen LogP contribution >= 0.6 is 0 Å². The lowest BCUT2D eigenvalue weighted by molar-refractivity contribution is -0.211. The molecule has 0 aliphatic rings. The number of alkyl halides is 4. The topological polar surface area (TPSA) is 98.7 Å². The van der Waals surface area contributed by atoms with Crippen LogP contribution in [-0.4, -0.2) is 60.2 Å². The normalized spacial score (nSPS) is 12.1. The van der Waals surface area contributed by atoms with E-state index in [1.807, 2.05) is 0 Å². The molecule has 6 nitrogen and oxygen atoms in total. The van der Waals surface area contributed by atoms with Crippen molar-refractivity contribution in [3.05, 3.63) is 0 Å². The SMILES string of the molecule is O=C(NCCCCO)C(F)(F)C(F)(F)C(=O)NCCCCO. The second-order valence-electron chi connectivity index (χ2n) is 4.52. The molecule has 0 radical (unpaired) electrons. The molecule has 0 atom stereocenters. The van der Waals surface area contributed by atoms with Crippen molar-refractivity contribution in [2.24, 2.45) is 0 Å². The predicted molar refractivity (Wildman–Crippen MR) is 68.6 cm³/mol. The molecule has 0 spiro atoms. The zero-order valence-corrected chi connectivity index (χ0v) is 11.9. The van der Waals surface area contributed by atoms with Crippen molar-refractivity contribution in [1.82, 2.24) is 10.6 Å². The molecule has 0 saturated heterocycles.